The van der Waals surface area contributed by atoms with E-state index < -0.39 is 29.2 Å². The van der Waals surface area contributed by atoms with E-state index in [1.165, 1.54) is 24.3 Å². The number of fused-ring (bicyclic) bond motifs is 1. The first kappa shape index (κ1) is 27.5. The van der Waals surface area contributed by atoms with Gasteiger partial charge < -0.3 is 19.1 Å². The summed E-state index contributed by atoms with van der Waals surface area (Å²) in [5.41, 5.74) is -0.299. The second kappa shape index (κ2) is 10.7. The normalized spacial score (nSPS) is 18.6. The highest BCUT2D eigenvalue weighted by Crippen LogP contribution is 2.42. The van der Waals surface area contributed by atoms with Crippen molar-refractivity contribution in [2.75, 3.05) is 31.6 Å². The van der Waals surface area contributed by atoms with Crippen molar-refractivity contribution in [3.05, 3.63) is 47.0 Å². The van der Waals surface area contributed by atoms with E-state index in [0.29, 0.717) is 43.8 Å². The van der Waals surface area contributed by atoms with Crippen LogP contribution in [0.3, 0.4) is 0 Å². The zero-order valence-electron chi connectivity index (χ0n) is 21.8. The number of ether oxygens (including phenoxy) is 3. The summed E-state index contributed by atoms with van der Waals surface area (Å²) in [4.78, 5) is 33.3. The number of rotatable bonds is 4. The molecule has 2 aliphatic rings. The Morgan fingerprint density at radius 2 is 2.00 bits per heavy atom. The molecule has 0 spiro atoms. The molecule has 11 heteroatoms. The maximum absolute atomic E-state index is 13.6. The second-order valence-electron chi connectivity index (χ2n) is 10.5. The van der Waals surface area contributed by atoms with Gasteiger partial charge in [-0.1, -0.05) is 17.7 Å². The Morgan fingerprint density at radius 1 is 1.29 bits per heavy atom. The molecule has 1 aromatic carbocycles. The van der Waals surface area contributed by atoms with Crippen LogP contribution in [-0.4, -0.2) is 60.3 Å². The van der Waals surface area contributed by atoms with Gasteiger partial charge in [-0.3, -0.25) is 9.69 Å². The molecule has 1 saturated heterocycles. The molecule has 202 valence electrons. The summed E-state index contributed by atoms with van der Waals surface area (Å²) >= 11 is 6.31. The van der Waals surface area contributed by atoms with Crippen molar-refractivity contribution in [1.29, 1.82) is 5.26 Å². The number of hydrogen-bond donors (Lipinski definition) is 0. The van der Waals surface area contributed by atoms with Gasteiger partial charge >= 0.3 is 6.09 Å². The number of carbonyl (C=O) groups excluding carboxylic acids is 2. The maximum Gasteiger partial charge on any atom is 0.415 e. The Kier molecular flexibility index (Phi) is 7.70. The fourth-order valence-corrected chi connectivity index (χ4v) is 4.88. The Bertz CT molecular complexity index is 1250. The van der Waals surface area contributed by atoms with Crippen LogP contribution in [0.5, 0.6) is 11.5 Å². The van der Waals surface area contributed by atoms with Crippen LogP contribution < -0.4 is 14.4 Å². The number of piperidine rings is 1. The van der Waals surface area contributed by atoms with Crippen molar-refractivity contribution in [3.63, 3.8) is 0 Å². The monoisotopic (exact) mass is 544 g/mol. The van der Waals surface area contributed by atoms with E-state index >= 15 is 0 Å². The lowest BCUT2D eigenvalue weighted by Gasteiger charge is -2.41. The Balaban J connectivity index is 1.52. The van der Waals surface area contributed by atoms with E-state index in [1.807, 2.05) is 0 Å². The third-order valence-electron chi connectivity index (χ3n) is 6.63. The number of halogens is 2. The first-order valence-corrected chi connectivity index (χ1v) is 12.7. The summed E-state index contributed by atoms with van der Waals surface area (Å²) in [6.45, 7) is 5.88. The van der Waals surface area contributed by atoms with E-state index in [1.54, 1.807) is 43.9 Å². The van der Waals surface area contributed by atoms with Crippen LogP contribution in [0, 0.1) is 22.7 Å². The summed E-state index contributed by atoms with van der Waals surface area (Å²) in [5.74, 6) is -0.258. The quantitative estimate of drug-likeness (QED) is 0.511. The smallest absolute Gasteiger partial charge is 0.415 e. The van der Waals surface area contributed by atoms with E-state index in [4.69, 9.17) is 25.8 Å². The van der Waals surface area contributed by atoms with Gasteiger partial charge in [-0.2, -0.15) is 9.65 Å². The van der Waals surface area contributed by atoms with E-state index in [9.17, 15) is 19.2 Å². The van der Waals surface area contributed by atoms with Crippen LogP contribution in [-0.2, 0) is 16.0 Å². The van der Waals surface area contributed by atoms with Crippen molar-refractivity contribution >= 4 is 29.3 Å². The zero-order valence-corrected chi connectivity index (χ0v) is 22.5. The molecule has 2 aliphatic heterocycles. The highest BCUT2D eigenvalue weighted by atomic mass is 35.5. The van der Waals surface area contributed by atoms with E-state index in [2.05, 4.69) is 11.1 Å². The summed E-state index contributed by atoms with van der Waals surface area (Å²) in [6.07, 6.45) is 1.11. The maximum atomic E-state index is 13.6. The van der Waals surface area contributed by atoms with Gasteiger partial charge in [0.15, 0.2) is 6.10 Å². The summed E-state index contributed by atoms with van der Waals surface area (Å²) in [5, 5.41) is 10.2. The molecule has 2 aromatic rings. The van der Waals surface area contributed by atoms with E-state index in [-0.39, 0.29) is 23.2 Å². The molecule has 1 unspecified atom stereocenters. The number of benzene rings is 1. The third kappa shape index (κ3) is 5.94. The van der Waals surface area contributed by atoms with Crippen LogP contribution in [0.25, 0.3) is 0 Å². The average molecular weight is 545 g/mol. The zero-order chi connectivity index (χ0) is 27.7. The summed E-state index contributed by atoms with van der Waals surface area (Å²) in [7, 11) is 1.46. The fraction of sp³-hybridized carbons (Fsp3) is 0.481. The van der Waals surface area contributed by atoms with Gasteiger partial charge in [0, 0.05) is 25.4 Å². The van der Waals surface area contributed by atoms with Gasteiger partial charge in [0.1, 0.15) is 17.1 Å². The lowest BCUT2D eigenvalue weighted by molar-refractivity contribution is -0.140. The number of nitriles is 1. The molecule has 0 aliphatic carbocycles. The summed E-state index contributed by atoms with van der Waals surface area (Å²) in [6, 6.07) is 8.40. The SMILES string of the molecule is COc1cc2c(cc1Cl)N(C(=O)OC(C)(C)C)CC(C(=O)N1CCC(C#N)(Cc3ccc(F)nc3)CC1)O2. The van der Waals surface area contributed by atoms with Gasteiger partial charge in [0.05, 0.1) is 35.8 Å². The van der Waals surface area contributed by atoms with Crippen molar-refractivity contribution in [2.24, 2.45) is 5.41 Å². The molecule has 0 radical (unpaired) electrons. The molecule has 0 saturated carbocycles. The van der Waals surface area contributed by atoms with Gasteiger partial charge in [-0.25, -0.2) is 9.78 Å². The number of anilines is 1. The molecule has 0 bridgehead atoms. The second-order valence-corrected chi connectivity index (χ2v) is 10.9. The molecule has 1 atom stereocenters. The van der Waals surface area contributed by atoms with Gasteiger partial charge in [0.2, 0.25) is 5.95 Å². The molecular weight excluding hydrogens is 515 g/mol. The van der Waals surface area contributed by atoms with Crippen LogP contribution in [0.2, 0.25) is 5.02 Å². The van der Waals surface area contributed by atoms with E-state index in [0.717, 1.165) is 5.56 Å². The van der Waals surface area contributed by atoms with Crippen LogP contribution in [0.1, 0.15) is 39.2 Å². The number of nitrogens with zero attached hydrogens (tertiary/aromatic N) is 4. The molecule has 38 heavy (non-hydrogen) atoms. The number of carbonyl (C=O) groups is 2. The minimum Gasteiger partial charge on any atom is -0.495 e. The van der Waals surface area contributed by atoms with Crippen LogP contribution >= 0.6 is 11.6 Å². The Hall–Kier alpha value is -3.58. The van der Waals surface area contributed by atoms with Crippen LogP contribution in [0.4, 0.5) is 14.9 Å². The number of pyridine rings is 1. The Labute approximate surface area is 226 Å². The van der Waals surface area contributed by atoms with Crippen molar-refractivity contribution in [1.82, 2.24) is 9.88 Å². The fourth-order valence-electron chi connectivity index (χ4n) is 4.65. The molecule has 2 amide bonds. The molecule has 1 aromatic heterocycles. The minimum absolute atomic E-state index is 0.0649. The minimum atomic E-state index is -0.989. The number of amides is 2. The third-order valence-corrected chi connectivity index (χ3v) is 6.93. The molecule has 0 N–H and O–H groups in total. The van der Waals surface area contributed by atoms with Crippen LogP contribution in [0.15, 0.2) is 30.5 Å². The molecule has 3 heterocycles. The van der Waals surface area contributed by atoms with Gasteiger partial charge in [0.25, 0.3) is 5.91 Å². The molecule has 1 fully saturated rings. The number of hydrogen-bond acceptors (Lipinski definition) is 7. The lowest BCUT2D eigenvalue weighted by Crippen LogP contribution is -2.54. The molecular formula is C27H30ClFN4O5. The number of aromatic nitrogens is 1. The summed E-state index contributed by atoms with van der Waals surface area (Å²) < 4.78 is 30.1. The van der Waals surface area contributed by atoms with Gasteiger partial charge in [-0.15, -0.1) is 0 Å². The first-order valence-electron chi connectivity index (χ1n) is 12.3. The van der Waals surface area contributed by atoms with Crippen molar-refractivity contribution < 1.29 is 28.2 Å². The topological polar surface area (TPSA) is 105 Å². The average Bonchev–Trinajstić information content (AvgIpc) is 2.88. The highest BCUT2D eigenvalue weighted by molar-refractivity contribution is 6.32. The van der Waals surface area contributed by atoms with Crippen molar-refractivity contribution in [3.8, 4) is 17.6 Å². The Morgan fingerprint density at radius 3 is 2.58 bits per heavy atom. The number of methoxy groups -OCH3 is 1. The predicted molar refractivity (Wildman–Crippen MR) is 138 cm³/mol. The standard InChI is InChI=1S/C27H30ClFN4O5/c1-26(2,3)38-25(35)33-15-22(37-21-12-20(36-4)18(28)11-19(21)33)24(34)32-9-7-27(16-30,8-10-32)13-17-5-6-23(29)31-14-17/h5-6,11-12,14,22H,7-10,13,15H2,1-4H3. The first-order chi connectivity index (χ1) is 17.9. The largest absolute Gasteiger partial charge is 0.495 e. The molecule has 4 rings (SSSR count). The molecule has 9 nitrogen and oxygen atoms in total. The highest BCUT2D eigenvalue weighted by Gasteiger charge is 2.42. The number of likely N-dealkylation sites (tertiary alicyclic amines) is 1. The predicted octanol–water partition coefficient (Wildman–Crippen LogP) is 4.76. The van der Waals surface area contributed by atoms with Gasteiger partial charge in [-0.05, 0) is 57.7 Å². The van der Waals surface area contributed by atoms with Crippen molar-refractivity contribution in [2.45, 2.75) is 51.7 Å². The lowest BCUT2D eigenvalue weighted by atomic mass is 9.75.